The van der Waals surface area contributed by atoms with Crippen LogP contribution in [0.2, 0.25) is 0 Å². The molecule has 2 rings (SSSR count). The number of nitrogens with one attached hydrogen (secondary N) is 1. The summed E-state index contributed by atoms with van der Waals surface area (Å²) >= 11 is 0. The second-order valence-electron chi connectivity index (χ2n) is 4.05. The van der Waals surface area contributed by atoms with Crippen LogP contribution in [0.3, 0.4) is 0 Å². The molecule has 1 atom stereocenters. The predicted molar refractivity (Wildman–Crippen MR) is 68.6 cm³/mol. The molecule has 4 heteroatoms. The van der Waals surface area contributed by atoms with E-state index in [1.165, 1.54) is 12.1 Å². The summed E-state index contributed by atoms with van der Waals surface area (Å²) in [6.45, 7) is 2.88. The number of nitrogens with zero attached hydrogens (tertiary/aromatic N) is 2. The van der Waals surface area contributed by atoms with E-state index in [9.17, 15) is 4.39 Å². The van der Waals surface area contributed by atoms with E-state index in [2.05, 4.69) is 15.3 Å². The van der Waals surface area contributed by atoms with Crippen molar-refractivity contribution in [3.8, 4) is 0 Å². The fourth-order valence-electron chi connectivity index (χ4n) is 1.85. The predicted octanol–water partition coefficient (Wildman–Crippen LogP) is 2.51. The normalized spacial score (nSPS) is 12.3. The van der Waals surface area contributed by atoms with Gasteiger partial charge >= 0.3 is 0 Å². The summed E-state index contributed by atoms with van der Waals surface area (Å²) in [4.78, 5) is 8.53. The molecule has 94 valence electrons. The first kappa shape index (κ1) is 12.6. The Hall–Kier alpha value is -1.81. The molecule has 1 aromatic heterocycles. The third kappa shape index (κ3) is 3.34. The van der Waals surface area contributed by atoms with Crippen LogP contribution in [-0.4, -0.2) is 16.5 Å². The van der Waals surface area contributed by atoms with Gasteiger partial charge in [0.2, 0.25) is 0 Å². The van der Waals surface area contributed by atoms with Gasteiger partial charge in [-0.15, -0.1) is 0 Å². The number of aromatic nitrogens is 2. The molecule has 3 nitrogen and oxygen atoms in total. The molecule has 0 bridgehead atoms. The van der Waals surface area contributed by atoms with Crippen molar-refractivity contribution in [1.82, 2.24) is 15.3 Å². The van der Waals surface area contributed by atoms with Gasteiger partial charge in [0.1, 0.15) is 11.6 Å². The van der Waals surface area contributed by atoms with Gasteiger partial charge in [-0.2, -0.15) is 0 Å². The maximum atomic E-state index is 12.9. The lowest BCUT2D eigenvalue weighted by atomic mass is 10.1. The first-order chi connectivity index (χ1) is 8.79. The van der Waals surface area contributed by atoms with E-state index in [1.54, 1.807) is 30.6 Å². The highest BCUT2D eigenvalue weighted by Gasteiger charge is 2.13. The van der Waals surface area contributed by atoms with Crippen molar-refractivity contribution in [2.45, 2.75) is 19.4 Å². The van der Waals surface area contributed by atoms with Crippen LogP contribution < -0.4 is 5.32 Å². The van der Waals surface area contributed by atoms with Gasteiger partial charge < -0.3 is 5.32 Å². The molecule has 0 saturated heterocycles. The van der Waals surface area contributed by atoms with Crippen molar-refractivity contribution in [1.29, 1.82) is 0 Å². The largest absolute Gasteiger partial charge is 0.307 e. The Morgan fingerprint density at radius 2 is 1.83 bits per heavy atom. The highest BCUT2D eigenvalue weighted by Crippen LogP contribution is 2.15. The summed E-state index contributed by atoms with van der Waals surface area (Å²) < 4.78 is 12.9. The molecule has 0 aliphatic carbocycles. The number of halogens is 1. The maximum Gasteiger partial charge on any atom is 0.145 e. The zero-order chi connectivity index (χ0) is 12.8. The van der Waals surface area contributed by atoms with Gasteiger partial charge in [-0.25, -0.2) is 14.4 Å². The third-order valence-corrected chi connectivity index (χ3v) is 2.70. The topological polar surface area (TPSA) is 37.8 Å². The molecule has 0 spiro atoms. The van der Waals surface area contributed by atoms with Gasteiger partial charge in [-0.05, 0) is 36.7 Å². The average Bonchev–Trinajstić information content (AvgIpc) is 2.42. The summed E-state index contributed by atoms with van der Waals surface area (Å²) in [5.41, 5.74) is 1.06. The van der Waals surface area contributed by atoms with Gasteiger partial charge in [-0.3, -0.25) is 0 Å². The fourth-order valence-corrected chi connectivity index (χ4v) is 1.85. The number of hydrogen-bond acceptors (Lipinski definition) is 3. The molecule has 1 unspecified atom stereocenters. The molecule has 1 N–H and O–H groups in total. The molecule has 0 saturated carbocycles. The van der Waals surface area contributed by atoms with Crippen molar-refractivity contribution in [2.75, 3.05) is 6.54 Å². The van der Waals surface area contributed by atoms with Crippen molar-refractivity contribution in [3.05, 3.63) is 59.9 Å². The van der Waals surface area contributed by atoms with Gasteiger partial charge in [0, 0.05) is 12.4 Å². The highest BCUT2D eigenvalue weighted by molar-refractivity contribution is 5.18. The van der Waals surface area contributed by atoms with Crippen molar-refractivity contribution >= 4 is 0 Å². The third-order valence-electron chi connectivity index (χ3n) is 2.70. The zero-order valence-corrected chi connectivity index (χ0v) is 10.3. The summed E-state index contributed by atoms with van der Waals surface area (Å²) in [6.07, 6.45) is 4.22. The van der Waals surface area contributed by atoms with Crippen molar-refractivity contribution in [2.24, 2.45) is 0 Å². The van der Waals surface area contributed by atoms with Gasteiger partial charge in [-0.1, -0.05) is 19.1 Å². The Bertz CT molecular complexity index is 470. The smallest absolute Gasteiger partial charge is 0.145 e. The minimum Gasteiger partial charge on any atom is -0.307 e. The Balaban J connectivity index is 2.14. The lowest BCUT2D eigenvalue weighted by molar-refractivity contribution is 0.520. The highest BCUT2D eigenvalue weighted by atomic mass is 19.1. The minimum absolute atomic E-state index is 0.0571. The number of hydrogen-bond donors (Lipinski definition) is 1. The molecule has 1 heterocycles. The fraction of sp³-hybridized carbons (Fsp3) is 0.286. The second kappa shape index (κ2) is 6.21. The van der Waals surface area contributed by atoms with Gasteiger partial charge in [0.05, 0.1) is 6.04 Å². The summed E-state index contributed by atoms with van der Waals surface area (Å²) in [5.74, 6) is 0.554. The average molecular weight is 245 g/mol. The lowest BCUT2D eigenvalue weighted by Gasteiger charge is -2.16. The molecular formula is C14H16FN3. The van der Waals surface area contributed by atoms with E-state index < -0.39 is 0 Å². The van der Waals surface area contributed by atoms with Crippen LogP contribution in [0, 0.1) is 5.82 Å². The van der Waals surface area contributed by atoms with Crippen LogP contribution in [0.4, 0.5) is 4.39 Å². The van der Waals surface area contributed by atoms with Crippen LogP contribution in [0.15, 0.2) is 42.7 Å². The zero-order valence-electron chi connectivity index (χ0n) is 10.3. The Labute approximate surface area is 106 Å². The van der Waals surface area contributed by atoms with E-state index in [4.69, 9.17) is 0 Å². The summed E-state index contributed by atoms with van der Waals surface area (Å²) in [7, 11) is 0. The molecule has 1 aromatic carbocycles. The van der Waals surface area contributed by atoms with Gasteiger partial charge in [0.15, 0.2) is 0 Å². The van der Waals surface area contributed by atoms with E-state index in [1.807, 2.05) is 6.92 Å². The molecule has 0 fully saturated rings. The van der Waals surface area contributed by atoms with E-state index >= 15 is 0 Å². The molecule has 2 aromatic rings. The van der Waals surface area contributed by atoms with Crippen molar-refractivity contribution < 1.29 is 4.39 Å². The van der Waals surface area contributed by atoms with Crippen LogP contribution >= 0.6 is 0 Å². The summed E-state index contributed by atoms with van der Waals surface area (Å²) in [6, 6.07) is 8.39. The molecule has 18 heavy (non-hydrogen) atoms. The standard InChI is InChI=1S/C14H16FN3/c1-2-16-13(14-17-8-3-9-18-14)10-11-4-6-12(15)7-5-11/h3-9,13,16H,2,10H2,1H3. The molecule has 0 amide bonds. The number of benzene rings is 1. The van der Waals surface area contributed by atoms with E-state index in [0.717, 1.165) is 24.4 Å². The van der Waals surface area contributed by atoms with Crippen LogP contribution in [0.5, 0.6) is 0 Å². The SMILES string of the molecule is CCNC(Cc1ccc(F)cc1)c1ncccn1. The van der Waals surface area contributed by atoms with Crippen LogP contribution in [0.1, 0.15) is 24.4 Å². The monoisotopic (exact) mass is 245 g/mol. The molecular weight excluding hydrogens is 229 g/mol. The minimum atomic E-state index is -0.213. The summed E-state index contributed by atoms with van der Waals surface area (Å²) in [5, 5.41) is 3.34. The molecule has 0 aliphatic heterocycles. The van der Waals surface area contributed by atoms with E-state index in [0.29, 0.717) is 0 Å². The van der Waals surface area contributed by atoms with Crippen LogP contribution in [0.25, 0.3) is 0 Å². The van der Waals surface area contributed by atoms with E-state index in [-0.39, 0.29) is 11.9 Å². The number of likely N-dealkylation sites (N-methyl/N-ethyl adjacent to an activating group) is 1. The second-order valence-corrected chi connectivity index (χ2v) is 4.05. The van der Waals surface area contributed by atoms with Crippen LogP contribution in [-0.2, 0) is 6.42 Å². The van der Waals surface area contributed by atoms with Gasteiger partial charge in [0.25, 0.3) is 0 Å². The first-order valence-electron chi connectivity index (χ1n) is 6.04. The Morgan fingerprint density at radius 1 is 1.17 bits per heavy atom. The molecule has 0 radical (unpaired) electrons. The van der Waals surface area contributed by atoms with Crippen molar-refractivity contribution in [3.63, 3.8) is 0 Å². The first-order valence-corrected chi connectivity index (χ1v) is 6.04. The number of rotatable bonds is 5. The quantitative estimate of drug-likeness (QED) is 0.879. The molecule has 0 aliphatic rings. The lowest BCUT2D eigenvalue weighted by Crippen LogP contribution is -2.24. The Kier molecular flexibility index (Phi) is 4.36. The Morgan fingerprint density at radius 3 is 2.44 bits per heavy atom. The maximum absolute atomic E-state index is 12.9.